The molecule has 0 heterocycles. The first kappa shape index (κ1) is 23.6. The van der Waals surface area contributed by atoms with Crippen LogP contribution in [0, 0.1) is 0 Å². The number of nitrogens with one attached hydrogen (secondary N) is 1. The molecule has 0 amide bonds. The van der Waals surface area contributed by atoms with Crippen molar-refractivity contribution < 1.29 is 63.4 Å². The van der Waals surface area contributed by atoms with E-state index in [1.54, 1.807) is 12.1 Å². The van der Waals surface area contributed by atoms with Crippen molar-refractivity contribution in [1.82, 2.24) is 0 Å². The van der Waals surface area contributed by atoms with Crippen LogP contribution in [0.3, 0.4) is 0 Å². The van der Waals surface area contributed by atoms with E-state index >= 15 is 0 Å². The van der Waals surface area contributed by atoms with Gasteiger partial charge in [-0.25, -0.2) is 4.79 Å². The van der Waals surface area contributed by atoms with Crippen molar-refractivity contribution in [2.45, 2.75) is 4.90 Å². The van der Waals surface area contributed by atoms with Crippen LogP contribution < -0.4 is 40.6 Å². The standard InChI is InChI=1S/C21H14N2O7S.Na.H/c22-18-15(31(28,29)30)9-14(23-11-7-5-10(6-8-11)21(26)27)16-17(18)20(25)13-4-2-1-3-12(13)19(16)24;;/h1-9,23H,22H2,(H,26,27)(H,28,29,30);;/q;+1;-1. The molecule has 5 N–H and O–H groups in total. The van der Waals surface area contributed by atoms with Crippen LogP contribution in [0.4, 0.5) is 17.1 Å². The summed E-state index contributed by atoms with van der Waals surface area (Å²) < 4.78 is 33.4. The van der Waals surface area contributed by atoms with Gasteiger partial charge in [-0.1, -0.05) is 24.3 Å². The molecule has 32 heavy (non-hydrogen) atoms. The van der Waals surface area contributed by atoms with Crippen molar-refractivity contribution in [2.24, 2.45) is 0 Å². The Morgan fingerprint density at radius 3 is 1.97 bits per heavy atom. The van der Waals surface area contributed by atoms with Gasteiger partial charge in [0.1, 0.15) is 4.90 Å². The Morgan fingerprint density at radius 1 is 0.938 bits per heavy atom. The van der Waals surface area contributed by atoms with Crippen LogP contribution in [-0.2, 0) is 10.1 Å². The number of anilines is 3. The summed E-state index contributed by atoms with van der Waals surface area (Å²) in [5.41, 5.74) is 5.36. The number of ketones is 2. The molecule has 1 aliphatic carbocycles. The van der Waals surface area contributed by atoms with Crippen molar-refractivity contribution in [3.63, 3.8) is 0 Å². The van der Waals surface area contributed by atoms with Crippen molar-refractivity contribution in [1.29, 1.82) is 0 Å². The van der Waals surface area contributed by atoms with Crippen molar-refractivity contribution in [3.05, 3.63) is 82.4 Å². The molecule has 0 bridgehead atoms. The first-order valence-corrected chi connectivity index (χ1v) is 10.3. The zero-order valence-electron chi connectivity index (χ0n) is 17.6. The van der Waals surface area contributed by atoms with Gasteiger partial charge in [0.15, 0.2) is 11.6 Å². The van der Waals surface area contributed by atoms with E-state index in [-0.39, 0.29) is 64.5 Å². The first-order valence-electron chi connectivity index (χ1n) is 8.82. The number of carboxylic acid groups (broad SMARTS) is 1. The Morgan fingerprint density at radius 2 is 1.47 bits per heavy atom. The zero-order valence-corrected chi connectivity index (χ0v) is 19.4. The molecule has 158 valence electrons. The maximum atomic E-state index is 13.2. The van der Waals surface area contributed by atoms with E-state index in [9.17, 15) is 27.4 Å². The van der Waals surface area contributed by atoms with Crippen LogP contribution in [0.5, 0.6) is 0 Å². The molecule has 11 heteroatoms. The summed E-state index contributed by atoms with van der Waals surface area (Å²) in [7, 11) is -4.82. The van der Waals surface area contributed by atoms with Crippen molar-refractivity contribution in [3.8, 4) is 0 Å². The number of carboxylic acids is 1. The quantitative estimate of drug-likeness (QED) is 0.183. The zero-order chi connectivity index (χ0) is 22.5. The summed E-state index contributed by atoms with van der Waals surface area (Å²) in [6.45, 7) is 0. The number of nitrogens with two attached hydrogens (primary N) is 1. The Kier molecular flexibility index (Phi) is 6.27. The second-order valence-corrected chi connectivity index (χ2v) is 8.16. The summed E-state index contributed by atoms with van der Waals surface area (Å²) in [5, 5.41) is 11.8. The Bertz CT molecular complexity index is 1410. The van der Waals surface area contributed by atoms with Crippen LogP contribution in [0.2, 0.25) is 0 Å². The molecule has 0 fully saturated rings. The first-order chi connectivity index (χ1) is 14.6. The van der Waals surface area contributed by atoms with Crippen LogP contribution in [-0.4, -0.2) is 35.6 Å². The van der Waals surface area contributed by atoms with Crippen LogP contribution in [0.25, 0.3) is 0 Å². The summed E-state index contributed by atoms with van der Waals surface area (Å²) in [5.74, 6) is -2.34. The molecule has 4 rings (SSSR count). The summed E-state index contributed by atoms with van der Waals surface area (Å²) >= 11 is 0. The van der Waals surface area contributed by atoms with Gasteiger partial charge in [-0.15, -0.1) is 0 Å². The maximum Gasteiger partial charge on any atom is 1.00 e. The van der Waals surface area contributed by atoms with Gasteiger partial charge in [0, 0.05) is 16.8 Å². The van der Waals surface area contributed by atoms with E-state index in [1.165, 1.54) is 36.4 Å². The van der Waals surface area contributed by atoms with Gasteiger partial charge in [0.25, 0.3) is 10.1 Å². The second-order valence-electron chi connectivity index (χ2n) is 6.77. The van der Waals surface area contributed by atoms with Gasteiger partial charge in [-0.3, -0.25) is 14.1 Å². The Labute approximate surface area is 205 Å². The minimum absolute atomic E-state index is 0. The van der Waals surface area contributed by atoms with E-state index in [2.05, 4.69) is 5.32 Å². The number of benzene rings is 3. The minimum Gasteiger partial charge on any atom is -1.00 e. The predicted octanol–water partition coefficient (Wildman–Crippen LogP) is -0.151. The number of hydrogen-bond acceptors (Lipinski definition) is 7. The Hall–Kier alpha value is -3.02. The third kappa shape index (κ3) is 3.94. The van der Waals surface area contributed by atoms with Crippen LogP contribution in [0.1, 0.15) is 43.6 Å². The SMILES string of the molecule is Nc1c(S(=O)(=O)O)cc(Nc2ccc(C(=O)O)cc2)c2c1C(=O)c1ccccc1C2=O.[H-].[Na+]. The largest absolute Gasteiger partial charge is 1.00 e. The number of rotatable bonds is 4. The summed E-state index contributed by atoms with van der Waals surface area (Å²) in [4.78, 5) is 36.6. The topological polar surface area (TPSA) is 164 Å². The molecule has 3 aromatic rings. The minimum atomic E-state index is -4.82. The number of fused-ring (bicyclic) bond motifs is 2. The van der Waals surface area contributed by atoms with Crippen molar-refractivity contribution >= 4 is 44.7 Å². The number of aromatic carboxylic acids is 1. The summed E-state index contributed by atoms with van der Waals surface area (Å²) in [6, 6.07) is 12.4. The van der Waals surface area contributed by atoms with Gasteiger partial charge < -0.3 is 17.6 Å². The average molecular weight is 462 g/mol. The van der Waals surface area contributed by atoms with Gasteiger partial charge in [0.05, 0.1) is 28.1 Å². The van der Waals surface area contributed by atoms with Gasteiger partial charge in [-0.05, 0) is 30.3 Å². The van der Waals surface area contributed by atoms with E-state index < -0.39 is 38.2 Å². The smallest absolute Gasteiger partial charge is 1.00 e. The molecule has 9 nitrogen and oxygen atoms in total. The fourth-order valence-corrected chi connectivity index (χ4v) is 4.10. The van der Waals surface area contributed by atoms with E-state index in [0.29, 0.717) is 5.69 Å². The molecule has 0 saturated heterocycles. The number of hydrogen-bond donors (Lipinski definition) is 4. The number of carbonyl (C=O) groups excluding carboxylic acids is 2. The molecule has 3 aromatic carbocycles. The molecule has 0 atom stereocenters. The molecule has 0 radical (unpaired) electrons. The fourth-order valence-electron chi connectivity index (χ4n) is 3.46. The molecule has 0 spiro atoms. The molecule has 1 aliphatic rings. The number of nitrogen functional groups attached to an aromatic ring is 1. The van der Waals surface area contributed by atoms with Crippen LogP contribution >= 0.6 is 0 Å². The normalized spacial score (nSPS) is 12.4. The monoisotopic (exact) mass is 462 g/mol. The maximum absolute atomic E-state index is 13.2. The molecule has 0 unspecified atom stereocenters. The third-order valence-electron chi connectivity index (χ3n) is 4.89. The van der Waals surface area contributed by atoms with Crippen molar-refractivity contribution in [2.75, 3.05) is 11.1 Å². The predicted molar refractivity (Wildman–Crippen MR) is 112 cm³/mol. The van der Waals surface area contributed by atoms with Gasteiger partial charge in [-0.2, -0.15) is 8.42 Å². The number of carbonyl (C=O) groups is 3. The molecule has 0 aliphatic heterocycles. The van der Waals surface area contributed by atoms with Crippen LogP contribution in [0.15, 0.2) is 59.5 Å². The average Bonchev–Trinajstić information content (AvgIpc) is 2.72. The third-order valence-corrected chi connectivity index (χ3v) is 5.78. The van der Waals surface area contributed by atoms with E-state index in [4.69, 9.17) is 10.8 Å². The van der Waals surface area contributed by atoms with Gasteiger partial charge >= 0.3 is 35.5 Å². The summed E-state index contributed by atoms with van der Waals surface area (Å²) in [6.07, 6.45) is 0. The van der Waals surface area contributed by atoms with Gasteiger partial charge in [0.2, 0.25) is 0 Å². The second kappa shape index (κ2) is 8.49. The molecular weight excluding hydrogens is 447 g/mol. The molecule has 0 saturated carbocycles. The Balaban J connectivity index is 0.00000193. The van der Waals surface area contributed by atoms with E-state index in [0.717, 1.165) is 6.07 Å². The molecule has 0 aromatic heterocycles. The fraction of sp³-hybridized carbons (Fsp3) is 0. The molecular formula is C21H15N2NaO7S. The van der Waals surface area contributed by atoms with E-state index in [1.807, 2.05) is 0 Å².